The second kappa shape index (κ2) is 5.60. The van der Waals surface area contributed by atoms with E-state index in [4.69, 9.17) is 0 Å². The van der Waals surface area contributed by atoms with Crippen LogP contribution in [0.2, 0.25) is 0 Å². The highest BCUT2D eigenvalue weighted by atomic mass is 32.2. The van der Waals surface area contributed by atoms with Crippen LogP contribution in [-0.4, -0.2) is 32.0 Å². The predicted octanol–water partition coefficient (Wildman–Crippen LogP) is 1.20. The number of rotatable bonds is 6. The maximum atomic E-state index is 11.4. The number of nitrogens with one attached hydrogen (secondary N) is 1. The van der Waals surface area contributed by atoms with E-state index in [0.717, 1.165) is 6.54 Å². The van der Waals surface area contributed by atoms with E-state index in [2.05, 4.69) is 5.32 Å². The van der Waals surface area contributed by atoms with Crippen molar-refractivity contribution in [3.63, 3.8) is 0 Å². The van der Waals surface area contributed by atoms with Gasteiger partial charge in [0.05, 0.1) is 5.25 Å². The summed E-state index contributed by atoms with van der Waals surface area (Å²) < 4.78 is 22.8. The minimum atomic E-state index is -2.85. The van der Waals surface area contributed by atoms with Crippen molar-refractivity contribution in [3.8, 4) is 0 Å². The maximum absolute atomic E-state index is 11.4. The van der Waals surface area contributed by atoms with Crippen molar-refractivity contribution in [1.29, 1.82) is 0 Å². The molecule has 0 spiro atoms. The first-order valence-corrected chi connectivity index (χ1v) is 6.60. The van der Waals surface area contributed by atoms with E-state index >= 15 is 0 Å². The van der Waals surface area contributed by atoms with Crippen LogP contribution in [0.4, 0.5) is 0 Å². The fourth-order valence-electron chi connectivity index (χ4n) is 1.36. The Morgan fingerprint density at radius 3 is 2.15 bits per heavy atom. The summed E-state index contributed by atoms with van der Waals surface area (Å²) in [6, 6.07) is 0.279. The van der Waals surface area contributed by atoms with Crippen molar-refractivity contribution in [2.75, 3.05) is 12.3 Å². The topological polar surface area (TPSA) is 46.2 Å². The van der Waals surface area contributed by atoms with Crippen molar-refractivity contribution < 1.29 is 8.42 Å². The summed E-state index contributed by atoms with van der Waals surface area (Å²) in [5, 5.41) is 2.98. The van der Waals surface area contributed by atoms with Gasteiger partial charge in [-0.1, -0.05) is 13.8 Å². The molecule has 0 aliphatic heterocycles. The molecule has 0 aliphatic rings. The van der Waals surface area contributed by atoms with Crippen molar-refractivity contribution in [2.45, 2.75) is 45.4 Å². The predicted molar refractivity (Wildman–Crippen MR) is 56.7 cm³/mol. The summed E-state index contributed by atoms with van der Waals surface area (Å²) in [5.74, 6) is 0.243. The van der Waals surface area contributed by atoms with E-state index < -0.39 is 9.84 Å². The Morgan fingerprint density at radius 2 is 1.77 bits per heavy atom. The van der Waals surface area contributed by atoms with Gasteiger partial charge in [-0.05, 0) is 26.8 Å². The van der Waals surface area contributed by atoms with Crippen LogP contribution in [0.3, 0.4) is 0 Å². The first kappa shape index (κ1) is 12.9. The SMILES string of the molecule is CCNC(C)CC(C)S(=O)(=O)CC. The highest BCUT2D eigenvalue weighted by molar-refractivity contribution is 7.91. The van der Waals surface area contributed by atoms with Gasteiger partial charge in [-0.3, -0.25) is 0 Å². The highest BCUT2D eigenvalue weighted by Gasteiger charge is 2.20. The molecule has 0 rings (SSSR count). The van der Waals surface area contributed by atoms with Gasteiger partial charge >= 0.3 is 0 Å². The van der Waals surface area contributed by atoms with Gasteiger partial charge in [0.15, 0.2) is 9.84 Å². The van der Waals surface area contributed by atoms with Crippen LogP contribution < -0.4 is 5.32 Å². The minimum absolute atomic E-state index is 0.230. The summed E-state index contributed by atoms with van der Waals surface area (Å²) >= 11 is 0. The molecule has 0 aliphatic carbocycles. The van der Waals surface area contributed by atoms with Crippen molar-refractivity contribution in [2.24, 2.45) is 0 Å². The van der Waals surface area contributed by atoms with Crippen LogP contribution in [0.1, 0.15) is 34.1 Å². The molecule has 0 bridgehead atoms. The lowest BCUT2D eigenvalue weighted by atomic mass is 10.2. The first-order chi connectivity index (χ1) is 5.94. The molecule has 0 saturated carbocycles. The van der Waals surface area contributed by atoms with E-state index in [9.17, 15) is 8.42 Å². The van der Waals surface area contributed by atoms with Crippen LogP contribution >= 0.6 is 0 Å². The van der Waals surface area contributed by atoms with Gasteiger partial charge in [0.25, 0.3) is 0 Å². The van der Waals surface area contributed by atoms with E-state index in [1.54, 1.807) is 13.8 Å². The van der Waals surface area contributed by atoms with Crippen LogP contribution in [0, 0.1) is 0 Å². The Morgan fingerprint density at radius 1 is 1.23 bits per heavy atom. The van der Waals surface area contributed by atoms with Crippen LogP contribution in [0.5, 0.6) is 0 Å². The Hall–Kier alpha value is -0.0900. The Balaban J connectivity index is 4.07. The zero-order valence-corrected chi connectivity index (χ0v) is 9.82. The normalized spacial score (nSPS) is 16.9. The third-order valence-corrected chi connectivity index (χ3v) is 4.48. The first-order valence-electron chi connectivity index (χ1n) is 4.89. The standard InChI is InChI=1S/C9H21NO2S/c1-5-10-8(3)7-9(4)13(11,12)6-2/h8-10H,5-7H2,1-4H3. The number of hydrogen-bond acceptors (Lipinski definition) is 3. The summed E-state index contributed by atoms with van der Waals surface area (Å²) in [5.41, 5.74) is 0. The molecular weight excluding hydrogens is 186 g/mol. The smallest absolute Gasteiger partial charge is 0.152 e. The van der Waals surface area contributed by atoms with Gasteiger partial charge < -0.3 is 5.32 Å². The molecule has 0 fully saturated rings. The fraction of sp³-hybridized carbons (Fsp3) is 1.00. The molecule has 2 atom stereocenters. The molecule has 80 valence electrons. The molecular formula is C9H21NO2S. The molecule has 3 nitrogen and oxygen atoms in total. The molecule has 0 aromatic heterocycles. The maximum Gasteiger partial charge on any atom is 0.152 e. The van der Waals surface area contributed by atoms with Gasteiger partial charge in [0, 0.05) is 11.8 Å². The summed E-state index contributed by atoms with van der Waals surface area (Å²) in [6.45, 7) is 8.41. The van der Waals surface area contributed by atoms with E-state index in [1.165, 1.54) is 0 Å². The molecule has 0 amide bonds. The van der Waals surface area contributed by atoms with Crippen LogP contribution in [-0.2, 0) is 9.84 Å². The van der Waals surface area contributed by atoms with E-state index in [0.29, 0.717) is 6.42 Å². The average Bonchev–Trinajstić information content (AvgIpc) is 2.04. The van der Waals surface area contributed by atoms with Gasteiger partial charge in [0.2, 0.25) is 0 Å². The lowest BCUT2D eigenvalue weighted by Gasteiger charge is -2.17. The zero-order valence-electron chi connectivity index (χ0n) is 9.00. The zero-order chi connectivity index (χ0) is 10.5. The monoisotopic (exact) mass is 207 g/mol. The van der Waals surface area contributed by atoms with E-state index in [-0.39, 0.29) is 17.0 Å². The van der Waals surface area contributed by atoms with Crippen molar-refractivity contribution >= 4 is 9.84 Å². The third-order valence-electron chi connectivity index (χ3n) is 2.25. The van der Waals surface area contributed by atoms with Gasteiger partial charge in [-0.15, -0.1) is 0 Å². The Labute approximate surface area is 81.8 Å². The summed E-state index contributed by atoms with van der Waals surface area (Å²) in [6.07, 6.45) is 0.698. The minimum Gasteiger partial charge on any atom is -0.314 e. The molecule has 13 heavy (non-hydrogen) atoms. The second-order valence-electron chi connectivity index (χ2n) is 3.46. The largest absolute Gasteiger partial charge is 0.314 e. The summed E-state index contributed by atoms with van der Waals surface area (Å²) in [4.78, 5) is 0. The van der Waals surface area contributed by atoms with Gasteiger partial charge in [0.1, 0.15) is 0 Å². The quantitative estimate of drug-likeness (QED) is 0.712. The van der Waals surface area contributed by atoms with Crippen LogP contribution in [0.25, 0.3) is 0 Å². The third kappa shape index (κ3) is 4.62. The van der Waals surface area contributed by atoms with Gasteiger partial charge in [-0.2, -0.15) is 0 Å². The molecule has 0 aromatic carbocycles. The van der Waals surface area contributed by atoms with Crippen LogP contribution in [0.15, 0.2) is 0 Å². The molecule has 2 unspecified atom stereocenters. The van der Waals surface area contributed by atoms with Gasteiger partial charge in [-0.25, -0.2) is 8.42 Å². The number of hydrogen-bond donors (Lipinski definition) is 1. The molecule has 0 heterocycles. The van der Waals surface area contributed by atoms with Crippen molar-refractivity contribution in [3.05, 3.63) is 0 Å². The molecule has 4 heteroatoms. The second-order valence-corrected chi connectivity index (χ2v) is 6.16. The average molecular weight is 207 g/mol. The molecule has 0 saturated heterocycles. The Kier molecular flexibility index (Phi) is 5.56. The van der Waals surface area contributed by atoms with E-state index in [1.807, 2.05) is 13.8 Å². The molecule has 1 N–H and O–H groups in total. The molecule has 0 aromatic rings. The highest BCUT2D eigenvalue weighted by Crippen LogP contribution is 2.08. The van der Waals surface area contributed by atoms with Crippen molar-refractivity contribution in [1.82, 2.24) is 5.32 Å². The lowest BCUT2D eigenvalue weighted by Crippen LogP contribution is -2.32. The summed E-state index contributed by atoms with van der Waals surface area (Å²) in [7, 11) is -2.85. The molecule has 0 radical (unpaired) electrons. The number of sulfone groups is 1. The fourth-order valence-corrected chi connectivity index (χ4v) is 2.51. The Bertz CT molecular complexity index is 224. The lowest BCUT2D eigenvalue weighted by molar-refractivity contribution is 0.509.